The number of nitro groups is 1. The topological polar surface area (TPSA) is 113 Å². The maximum absolute atomic E-state index is 12.1. The first-order valence-electron chi connectivity index (χ1n) is 5.59. The summed E-state index contributed by atoms with van der Waals surface area (Å²) >= 11 is 0. The predicted octanol–water partition coefficient (Wildman–Crippen LogP) is 1.31. The van der Waals surface area contributed by atoms with E-state index in [0.29, 0.717) is 0 Å². The SMILES string of the molecule is O=C(O)c1c(CNCC(O)C(F)(F)F)cccc1[N+](=O)[O-]. The normalized spacial score (nSPS) is 13.0. The van der Waals surface area contributed by atoms with E-state index < -0.39 is 41.0 Å². The fourth-order valence-corrected chi connectivity index (χ4v) is 1.59. The lowest BCUT2D eigenvalue weighted by Crippen LogP contribution is -2.38. The minimum atomic E-state index is -4.80. The van der Waals surface area contributed by atoms with Crippen LogP contribution < -0.4 is 5.32 Å². The number of aliphatic hydroxyl groups is 1. The molecule has 1 atom stereocenters. The lowest BCUT2D eigenvalue weighted by Gasteiger charge is -2.15. The second kappa shape index (κ2) is 6.50. The van der Waals surface area contributed by atoms with Crippen molar-refractivity contribution in [2.24, 2.45) is 0 Å². The molecule has 0 amide bonds. The van der Waals surface area contributed by atoms with Crippen LogP contribution in [0.5, 0.6) is 0 Å². The number of nitrogens with zero attached hydrogens (tertiary/aromatic N) is 1. The minimum Gasteiger partial charge on any atom is -0.477 e. The molecule has 1 aromatic carbocycles. The van der Waals surface area contributed by atoms with Gasteiger partial charge >= 0.3 is 12.1 Å². The van der Waals surface area contributed by atoms with Gasteiger partial charge in [0.25, 0.3) is 5.69 Å². The number of benzene rings is 1. The van der Waals surface area contributed by atoms with Crippen LogP contribution in [0.1, 0.15) is 15.9 Å². The van der Waals surface area contributed by atoms with Gasteiger partial charge in [0.1, 0.15) is 5.56 Å². The molecule has 0 fully saturated rings. The molecule has 0 saturated carbocycles. The van der Waals surface area contributed by atoms with E-state index >= 15 is 0 Å². The Morgan fingerprint density at radius 2 is 2.05 bits per heavy atom. The van der Waals surface area contributed by atoms with Crippen molar-refractivity contribution < 1.29 is 33.1 Å². The van der Waals surface area contributed by atoms with Crippen molar-refractivity contribution in [3.05, 3.63) is 39.4 Å². The third-order valence-electron chi connectivity index (χ3n) is 2.57. The summed E-state index contributed by atoms with van der Waals surface area (Å²) in [6.07, 6.45) is -7.41. The standard InChI is InChI=1S/C11H11F3N2O5/c12-11(13,14)8(17)5-15-4-6-2-1-3-7(16(20)21)9(6)10(18)19/h1-3,8,15,17H,4-5H2,(H,18,19). The molecule has 10 heteroatoms. The highest BCUT2D eigenvalue weighted by atomic mass is 19.4. The van der Waals surface area contributed by atoms with E-state index in [0.717, 1.165) is 6.07 Å². The second-order valence-electron chi connectivity index (χ2n) is 4.06. The van der Waals surface area contributed by atoms with E-state index in [-0.39, 0.29) is 12.1 Å². The first-order chi connectivity index (χ1) is 9.64. The van der Waals surface area contributed by atoms with Gasteiger partial charge in [-0.3, -0.25) is 10.1 Å². The highest BCUT2D eigenvalue weighted by molar-refractivity contribution is 5.94. The molecule has 1 rings (SSSR count). The third kappa shape index (κ3) is 4.39. The van der Waals surface area contributed by atoms with Crippen LogP contribution in [0.15, 0.2) is 18.2 Å². The van der Waals surface area contributed by atoms with E-state index in [9.17, 15) is 28.1 Å². The Morgan fingerprint density at radius 1 is 1.43 bits per heavy atom. The Labute approximate surface area is 116 Å². The van der Waals surface area contributed by atoms with Crippen LogP contribution in [0, 0.1) is 10.1 Å². The van der Waals surface area contributed by atoms with Crippen LogP contribution in [0.3, 0.4) is 0 Å². The largest absolute Gasteiger partial charge is 0.477 e. The van der Waals surface area contributed by atoms with E-state index in [1.54, 1.807) is 0 Å². The second-order valence-corrected chi connectivity index (χ2v) is 4.06. The Bertz CT molecular complexity index is 547. The van der Waals surface area contributed by atoms with Crippen molar-refractivity contribution in [2.45, 2.75) is 18.8 Å². The van der Waals surface area contributed by atoms with E-state index in [1.807, 2.05) is 0 Å². The summed E-state index contributed by atoms with van der Waals surface area (Å²) in [6, 6.07) is 3.45. The molecular weight excluding hydrogens is 297 g/mol. The van der Waals surface area contributed by atoms with Crippen LogP contribution in [0.2, 0.25) is 0 Å². The fourth-order valence-electron chi connectivity index (χ4n) is 1.59. The van der Waals surface area contributed by atoms with Crippen molar-refractivity contribution in [1.29, 1.82) is 0 Å². The Balaban J connectivity index is 2.87. The molecule has 3 N–H and O–H groups in total. The van der Waals surface area contributed by atoms with Crippen molar-refractivity contribution >= 4 is 11.7 Å². The first-order valence-corrected chi connectivity index (χ1v) is 5.59. The molecule has 0 bridgehead atoms. The molecule has 0 spiro atoms. The number of hydrogen-bond acceptors (Lipinski definition) is 5. The average Bonchev–Trinajstić information content (AvgIpc) is 2.36. The summed E-state index contributed by atoms with van der Waals surface area (Å²) < 4.78 is 36.2. The van der Waals surface area contributed by atoms with Gasteiger partial charge in [-0.15, -0.1) is 0 Å². The summed E-state index contributed by atoms with van der Waals surface area (Å²) in [6.45, 7) is -1.22. The molecule has 0 aliphatic carbocycles. The number of rotatable bonds is 6. The summed E-state index contributed by atoms with van der Waals surface area (Å²) in [5.74, 6) is -1.56. The summed E-state index contributed by atoms with van der Waals surface area (Å²) in [4.78, 5) is 20.9. The van der Waals surface area contributed by atoms with Gasteiger partial charge < -0.3 is 15.5 Å². The van der Waals surface area contributed by atoms with Gasteiger partial charge in [0.2, 0.25) is 0 Å². The number of hydrogen-bond donors (Lipinski definition) is 3. The van der Waals surface area contributed by atoms with Gasteiger partial charge in [0, 0.05) is 19.2 Å². The van der Waals surface area contributed by atoms with Crippen LogP contribution in [0.4, 0.5) is 18.9 Å². The number of carboxylic acid groups (broad SMARTS) is 1. The molecule has 0 radical (unpaired) electrons. The molecule has 7 nitrogen and oxygen atoms in total. The fraction of sp³-hybridized carbons (Fsp3) is 0.364. The molecule has 0 aromatic heterocycles. The third-order valence-corrected chi connectivity index (χ3v) is 2.57. The number of nitro benzene ring substituents is 1. The van der Waals surface area contributed by atoms with Crippen molar-refractivity contribution in [3.63, 3.8) is 0 Å². The molecule has 0 heterocycles. The number of carboxylic acids is 1. The number of carbonyl (C=O) groups is 1. The Kier molecular flexibility index (Phi) is 5.22. The molecule has 21 heavy (non-hydrogen) atoms. The number of halogens is 3. The van der Waals surface area contributed by atoms with Gasteiger partial charge in [0.05, 0.1) is 4.92 Å². The lowest BCUT2D eigenvalue weighted by molar-refractivity contribution is -0.385. The highest BCUT2D eigenvalue weighted by Gasteiger charge is 2.37. The first kappa shape index (κ1) is 16.9. The van der Waals surface area contributed by atoms with Crippen LogP contribution in [-0.4, -0.2) is 39.9 Å². The number of nitrogens with one attached hydrogen (secondary N) is 1. The van der Waals surface area contributed by atoms with Gasteiger partial charge in [-0.25, -0.2) is 4.79 Å². The van der Waals surface area contributed by atoms with Crippen LogP contribution in [0.25, 0.3) is 0 Å². The highest BCUT2D eigenvalue weighted by Crippen LogP contribution is 2.23. The van der Waals surface area contributed by atoms with E-state index in [2.05, 4.69) is 5.32 Å². The zero-order chi connectivity index (χ0) is 16.2. The Hall–Kier alpha value is -2.20. The van der Waals surface area contributed by atoms with Gasteiger partial charge in [-0.2, -0.15) is 13.2 Å². The molecule has 0 saturated heterocycles. The lowest BCUT2D eigenvalue weighted by atomic mass is 10.1. The maximum Gasteiger partial charge on any atom is 0.415 e. The van der Waals surface area contributed by atoms with Gasteiger partial charge in [-0.05, 0) is 5.56 Å². The molecule has 116 valence electrons. The number of aromatic carboxylic acids is 1. The van der Waals surface area contributed by atoms with Gasteiger partial charge in [-0.1, -0.05) is 12.1 Å². The summed E-state index contributed by atoms with van der Waals surface area (Å²) in [5, 5.41) is 30.7. The average molecular weight is 308 g/mol. The quantitative estimate of drug-likeness (QED) is 0.539. The smallest absolute Gasteiger partial charge is 0.415 e. The van der Waals surface area contributed by atoms with E-state index in [1.165, 1.54) is 12.1 Å². The number of aliphatic hydroxyl groups excluding tert-OH is 1. The van der Waals surface area contributed by atoms with Crippen LogP contribution >= 0.6 is 0 Å². The van der Waals surface area contributed by atoms with Crippen molar-refractivity contribution in [1.82, 2.24) is 5.32 Å². The number of alkyl halides is 3. The van der Waals surface area contributed by atoms with Crippen molar-refractivity contribution in [3.8, 4) is 0 Å². The van der Waals surface area contributed by atoms with E-state index in [4.69, 9.17) is 10.2 Å². The molecule has 0 aliphatic heterocycles. The predicted molar refractivity (Wildman–Crippen MR) is 63.8 cm³/mol. The monoisotopic (exact) mass is 308 g/mol. The summed E-state index contributed by atoms with van der Waals surface area (Å²) in [7, 11) is 0. The van der Waals surface area contributed by atoms with Crippen molar-refractivity contribution in [2.75, 3.05) is 6.54 Å². The summed E-state index contributed by atoms with van der Waals surface area (Å²) in [5.41, 5.74) is -1.30. The minimum absolute atomic E-state index is 0.0499. The Morgan fingerprint density at radius 3 is 2.52 bits per heavy atom. The van der Waals surface area contributed by atoms with Gasteiger partial charge in [0.15, 0.2) is 6.10 Å². The maximum atomic E-state index is 12.1. The molecular formula is C11H11F3N2O5. The molecule has 0 aliphatic rings. The molecule has 1 unspecified atom stereocenters. The zero-order valence-corrected chi connectivity index (χ0v) is 10.4. The zero-order valence-electron chi connectivity index (χ0n) is 10.4. The molecule has 1 aromatic rings. The van der Waals surface area contributed by atoms with Crippen LogP contribution in [-0.2, 0) is 6.54 Å².